The molecule has 0 N–H and O–H groups in total. The van der Waals surface area contributed by atoms with E-state index in [1.807, 2.05) is 0 Å². The van der Waals surface area contributed by atoms with Crippen LogP contribution in [0.15, 0.2) is 24.3 Å². The van der Waals surface area contributed by atoms with Gasteiger partial charge in [-0.1, -0.05) is 19.9 Å². The van der Waals surface area contributed by atoms with Crippen LogP contribution in [0.3, 0.4) is 0 Å². The Bertz CT molecular complexity index is 410. The van der Waals surface area contributed by atoms with Gasteiger partial charge in [0.1, 0.15) is 11.6 Å². The quantitative estimate of drug-likeness (QED) is 0.653. The first-order valence-corrected chi connectivity index (χ1v) is 5.62. The molecule has 0 saturated heterocycles. The fraction of sp³-hybridized carbons (Fsp3) is 0.429. The summed E-state index contributed by atoms with van der Waals surface area (Å²) in [6, 6.07) is 3.73. The maximum absolute atomic E-state index is 13.1. The highest BCUT2D eigenvalue weighted by atomic mass is 19.1. The zero-order chi connectivity index (χ0) is 11.8. The molecule has 0 unspecified atom stereocenters. The first-order valence-electron chi connectivity index (χ1n) is 5.62. The summed E-state index contributed by atoms with van der Waals surface area (Å²) in [6.07, 6.45) is 5.05. The Morgan fingerprint density at radius 1 is 1.06 bits per heavy atom. The van der Waals surface area contributed by atoms with Crippen molar-refractivity contribution in [3.8, 4) is 0 Å². The summed E-state index contributed by atoms with van der Waals surface area (Å²) >= 11 is 0. The lowest BCUT2D eigenvalue weighted by Crippen LogP contribution is -2.14. The molecule has 16 heavy (non-hydrogen) atoms. The summed E-state index contributed by atoms with van der Waals surface area (Å²) in [4.78, 5) is 0. The van der Waals surface area contributed by atoms with Crippen molar-refractivity contribution in [2.75, 3.05) is 0 Å². The highest BCUT2D eigenvalue weighted by Crippen LogP contribution is 2.38. The lowest BCUT2D eigenvalue weighted by atomic mass is 9.77. The fourth-order valence-corrected chi connectivity index (χ4v) is 2.08. The topological polar surface area (TPSA) is 0 Å². The van der Waals surface area contributed by atoms with Crippen molar-refractivity contribution >= 4 is 5.57 Å². The molecule has 86 valence electrons. The van der Waals surface area contributed by atoms with Crippen LogP contribution in [0.5, 0.6) is 0 Å². The number of halogens is 2. The van der Waals surface area contributed by atoms with Gasteiger partial charge in [0, 0.05) is 6.07 Å². The highest BCUT2D eigenvalue weighted by Gasteiger charge is 2.22. The molecule has 0 fully saturated rings. The molecule has 0 radical (unpaired) electrons. The summed E-state index contributed by atoms with van der Waals surface area (Å²) in [5.74, 6) is -0.999. The Balaban J connectivity index is 2.29. The summed E-state index contributed by atoms with van der Waals surface area (Å²) in [5.41, 5.74) is 2.07. The third kappa shape index (κ3) is 2.49. The number of rotatable bonds is 1. The predicted octanol–water partition coefficient (Wildman–Crippen LogP) is 4.56. The van der Waals surface area contributed by atoms with E-state index in [9.17, 15) is 8.78 Å². The van der Waals surface area contributed by atoms with E-state index in [0.29, 0.717) is 11.0 Å². The molecule has 1 aromatic rings. The minimum absolute atomic E-state index is 0.315. The summed E-state index contributed by atoms with van der Waals surface area (Å²) in [6.45, 7) is 4.43. The average Bonchev–Trinajstić information content (AvgIpc) is 2.15. The zero-order valence-corrected chi connectivity index (χ0v) is 9.69. The molecule has 1 aliphatic carbocycles. The second-order valence-corrected chi connectivity index (χ2v) is 5.26. The van der Waals surface area contributed by atoms with Crippen LogP contribution in [0, 0.1) is 17.0 Å². The molecule has 0 nitrogen and oxygen atoms in total. The van der Waals surface area contributed by atoms with Crippen molar-refractivity contribution in [1.82, 2.24) is 0 Å². The van der Waals surface area contributed by atoms with E-state index in [4.69, 9.17) is 0 Å². The minimum atomic E-state index is -0.499. The zero-order valence-electron chi connectivity index (χ0n) is 9.69. The van der Waals surface area contributed by atoms with E-state index in [0.717, 1.165) is 30.9 Å². The largest absolute Gasteiger partial charge is 0.207 e. The number of benzene rings is 1. The number of hydrogen-bond acceptors (Lipinski definition) is 0. The summed E-state index contributed by atoms with van der Waals surface area (Å²) in [5, 5.41) is 0. The van der Waals surface area contributed by atoms with Gasteiger partial charge in [0.25, 0.3) is 0 Å². The Morgan fingerprint density at radius 2 is 1.69 bits per heavy atom. The SMILES string of the molecule is CC1(C)CC=C(c2cc(F)cc(F)c2)CC1. The summed E-state index contributed by atoms with van der Waals surface area (Å²) in [7, 11) is 0. The fourth-order valence-electron chi connectivity index (χ4n) is 2.08. The maximum atomic E-state index is 13.1. The Morgan fingerprint density at radius 3 is 2.19 bits per heavy atom. The van der Waals surface area contributed by atoms with Crippen molar-refractivity contribution in [2.45, 2.75) is 33.1 Å². The van der Waals surface area contributed by atoms with Gasteiger partial charge in [-0.2, -0.15) is 0 Å². The van der Waals surface area contributed by atoms with E-state index in [2.05, 4.69) is 19.9 Å². The van der Waals surface area contributed by atoms with Crippen LogP contribution in [0.2, 0.25) is 0 Å². The van der Waals surface area contributed by atoms with E-state index < -0.39 is 11.6 Å². The molecule has 0 bridgehead atoms. The van der Waals surface area contributed by atoms with Gasteiger partial charge in [0.2, 0.25) is 0 Å². The van der Waals surface area contributed by atoms with Crippen LogP contribution in [-0.2, 0) is 0 Å². The second-order valence-electron chi connectivity index (χ2n) is 5.26. The molecule has 1 aromatic carbocycles. The van der Waals surface area contributed by atoms with Crippen molar-refractivity contribution < 1.29 is 8.78 Å². The average molecular weight is 222 g/mol. The molecule has 2 rings (SSSR count). The first kappa shape index (κ1) is 11.3. The molecule has 0 spiro atoms. The van der Waals surface area contributed by atoms with Crippen molar-refractivity contribution in [1.29, 1.82) is 0 Å². The van der Waals surface area contributed by atoms with Crippen LogP contribution in [-0.4, -0.2) is 0 Å². The van der Waals surface area contributed by atoms with Gasteiger partial charge >= 0.3 is 0 Å². The van der Waals surface area contributed by atoms with Gasteiger partial charge in [-0.25, -0.2) is 8.78 Å². The first-order chi connectivity index (χ1) is 7.46. The standard InChI is InChI=1S/C14H16F2/c1-14(2)5-3-10(4-6-14)11-7-12(15)9-13(16)8-11/h3,7-9H,4-6H2,1-2H3. The Hall–Kier alpha value is -1.18. The molecule has 0 amide bonds. The van der Waals surface area contributed by atoms with E-state index in [1.165, 1.54) is 12.1 Å². The number of allylic oxidation sites excluding steroid dienone is 2. The van der Waals surface area contributed by atoms with Gasteiger partial charge in [-0.05, 0) is 47.9 Å². The lowest BCUT2D eigenvalue weighted by molar-refractivity contribution is 0.335. The molecule has 0 heterocycles. The summed E-state index contributed by atoms with van der Waals surface area (Å²) < 4.78 is 26.1. The van der Waals surface area contributed by atoms with E-state index >= 15 is 0 Å². The van der Waals surface area contributed by atoms with Gasteiger partial charge in [-0.15, -0.1) is 0 Å². The molecule has 0 saturated carbocycles. The molecule has 0 aromatic heterocycles. The number of hydrogen-bond donors (Lipinski definition) is 0. The molecule has 1 aliphatic rings. The third-order valence-electron chi connectivity index (χ3n) is 3.21. The van der Waals surface area contributed by atoms with Gasteiger partial charge in [0.15, 0.2) is 0 Å². The van der Waals surface area contributed by atoms with Crippen LogP contribution < -0.4 is 0 Å². The lowest BCUT2D eigenvalue weighted by Gasteiger charge is -2.28. The van der Waals surface area contributed by atoms with Crippen LogP contribution in [0.4, 0.5) is 8.78 Å². The molecular weight excluding hydrogens is 206 g/mol. The highest BCUT2D eigenvalue weighted by molar-refractivity contribution is 5.66. The molecule has 0 atom stereocenters. The molecule has 0 aliphatic heterocycles. The molecular formula is C14H16F2. The smallest absolute Gasteiger partial charge is 0.126 e. The van der Waals surface area contributed by atoms with Crippen molar-refractivity contribution in [3.05, 3.63) is 41.5 Å². The molecule has 2 heteroatoms. The minimum Gasteiger partial charge on any atom is -0.207 e. The van der Waals surface area contributed by atoms with E-state index in [1.54, 1.807) is 0 Å². The van der Waals surface area contributed by atoms with Crippen LogP contribution in [0.25, 0.3) is 5.57 Å². The normalized spacial score (nSPS) is 19.4. The van der Waals surface area contributed by atoms with Crippen molar-refractivity contribution in [3.63, 3.8) is 0 Å². The Labute approximate surface area is 95.0 Å². The third-order valence-corrected chi connectivity index (χ3v) is 3.21. The van der Waals surface area contributed by atoms with Gasteiger partial charge in [0.05, 0.1) is 0 Å². The van der Waals surface area contributed by atoms with Gasteiger partial charge < -0.3 is 0 Å². The monoisotopic (exact) mass is 222 g/mol. The maximum Gasteiger partial charge on any atom is 0.126 e. The van der Waals surface area contributed by atoms with Crippen molar-refractivity contribution in [2.24, 2.45) is 5.41 Å². The predicted molar refractivity (Wildman–Crippen MR) is 62.0 cm³/mol. The Kier molecular flexibility index (Phi) is 2.83. The van der Waals surface area contributed by atoms with Crippen LogP contribution in [0.1, 0.15) is 38.7 Å². The van der Waals surface area contributed by atoms with E-state index in [-0.39, 0.29) is 0 Å². The van der Waals surface area contributed by atoms with Gasteiger partial charge in [-0.3, -0.25) is 0 Å². The second kappa shape index (κ2) is 4.00. The van der Waals surface area contributed by atoms with Crippen LogP contribution >= 0.6 is 0 Å².